The number of ether oxygens (including phenoxy) is 1. The summed E-state index contributed by atoms with van der Waals surface area (Å²) in [5.74, 6) is -0.448. The topological polar surface area (TPSA) is 29.5 Å². The van der Waals surface area contributed by atoms with Gasteiger partial charge in [-0.3, -0.25) is 4.79 Å². The zero-order valence-electron chi connectivity index (χ0n) is 11.8. The minimum atomic E-state index is -0.509. The molecule has 0 fully saturated rings. The van der Waals surface area contributed by atoms with Crippen molar-refractivity contribution >= 4 is 11.5 Å². The van der Waals surface area contributed by atoms with Gasteiger partial charge in [-0.25, -0.2) is 4.39 Å². The Labute approximate surface area is 123 Å². The number of anilines is 1. The predicted molar refractivity (Wildman–Crippen MR) is 79.6 cm³/mol. The van der Waals surface area contributed by atoms with E-state index in [4.69, 9.17) is 4.74 Å². The van der Waals surface area contributed by atoms with Gasteiger partial charge in [-0.15, -0.1) is 0 Å². The molecule has 3 rings (SSSR count). The number of methoxy groups -OCH3 is 1. The van der Waals surface area contributed by atoms with Gasteiger partial charge < -0.3 is 9.64 Å². The van der Waals surface area contributed by atoms with E-state index in [2.05, 4.69) is 6.07 Å². The van der Waals surface area contributed by atoms with Gasteiger partial charge in [0.25, 0.3) is 0 Å². The number of benzene rings is 2. The average molecular weight is 285 g/mol. The predicted octanol–water partition coefficient (Wildman–Crippen LogP) is 3.08. The molecule has 2 aromatic carbocycles. The Bertz CT molecular complexity index is 684. The van der Waals surface area contributed by atoms with Crippen LogP contribution in [-0.2, 0) is 6.42 Å². The summed E-state index contributed by atoms with van der Waals surface area (Å²) >= 11 is 0. The molecular formula is C17H16FNO2. The summed E-state index contributed by atoms with van der Waals surface area (Å²) < 4.78 is 18.5. The maximum absolute atomic E-state index is 13.7. The van der Waals surface area contributed by atoms with Crippen molar-refractivity contribution in [2.45, 2.75) is 6.42 Å². The third-order valence-corrected chi connectivity index (χ3v) is 3.79. The number of carbonyl (C=O) groups excluding carboxylic acids is 1. The number of halogens is 1. The van der Waals surface area contributed by atoms with E-state index in [0.29, 0.717) is 5.56 Å². The maximum Gasteiger partial charge on any atom is 0.182 e. The largest absolute Gasteiger partial charge is 0.494 e. The number of hydrogen-bond acceptors (Lipinski definition) is 3. The second-order valence-electron chi connectivity index (χ2n) is 5.07. The molecule has 1 aliphatic heterocycles. The van der Waals surface area contributed by atoms with E-state index in [1.807, 2.05) is 23.1 Å². The van der Waals surface area contributed by atoms with Gasteiger partial charge in [0, 0.05) is 17.8 Å². The molecule has 0 saturated carbocycles. The van der Waals surface area contributed by atoms with E-state index < -0.39 is 5.82 Å². The molecule has 0 amide bonds. The van der Waals surface area contributed by atoms with Gasteiger partial charge >= 0.3 is 0 Å². The van der Waals surface area contributed by atoms with Gasteiger partial charge in [0.05, 0.1) is 13.7 Å². The lowest BCUT2D eigenvalue weighted by Gasteiger charge is -2.18. The number of para-hydroxylation sites is 1. The summed E-state index contributed by atoms with van der Waals surface area (Å²) in [6, 6.07) is 12.4. The molecule has 1 heterocycles. The molecule has 4 heteroatoms. The second kappa shape index (κ2) is 5.56. The number of rotatable bonds is 4. The summed E-state index contributed by atoms with van der Waals surface area (Å²) in [7, 11) is 1.40. The van der Waals surface area contributed by atoms with Crippen LogP contribution in [0.2, 0.25) is 0 Å². The Hall–Kier alpha value is -2.36. The number of fused-ring (bicyclic) bond motifs is 1. The fourth-order valence-electron chi connectivity index (χ4n) is 2.68. The second-order valence-corrected chi connectivity index (χ2v) is 5.07. The molecular weight excluding hydrogens is 269 g/mol. The maximum atomic E-state index is 13.7. The summed E-state index contributed by atoms with van der Waals surface area (Å²) in [6.07, 6.45) is 0.945. The van der Waals surface area contributed by atoms with Crippen LogP contribution in [0.25, 0.3) is 0 Å². The number of Topliss-reactive ketones (excluding diaryl/α,β-unsaturated/α-hetero) is 1. The van der Waals surface area contributed by atoms with Gasteiger partial charge in [0.2, 0.25) is 0 Å². The van der Waals surface area contributed by atoms with E-state index >= 15 is 0 Å². The molecule has 0 unspecified atom stereocenters. The quantitative estimate of drug-likeness (QED) is 0.809. The van der Waals surface area contributed by atoms with E-state index in [1.54, 1.807) is 6.07 Å². The summed E-state index contributed by atoms with van der Waals surface area (Å²) in [4.78, 5) is 14.4. The first-order valence-corrected chi connectivity index (χ1v) is 6.88. The monoisotopic (exact) mass is 285 g/mol. The number of ketones is 1. The Balaban J connectivity index is 1.77. The van der Waals surface area contributed by atoms with Crippen molar-refractivity contribution < 1.29 is 13.9 Å². The van der Waals surface area contributed by atoms with Crippen LogP contribution < -0.4 is 9.64 Å². The van der Waals surface area contributed by atoms with Crippen molar-refractivity contribution in [2.24, 2.45) is 0 Å². The number of hydrogen-bond donors (Lipinski definition) is 0. The van der Waals surface area contributed by atoms with Crippen LogP contribution in [-0.4, -0.2) is 26.0 Å². The molecule has 0 spiro atoms. The van der Waals surface area contributed by atoms with Gasteiger partial charge in [-0.05, 0) is 36.2 Å². The van der Waals surface area contributed by atoms with Crippen LogP contribution in [0.3, 0.4) is 0 Å². The fourth-order valence-corrected chi connectivity index (χ4v) is 2.68. The number of carbonyl (C=O) groups is 1. The molecule has 0 aliphatic carbocycles. The molecule has 1 aliphatic rings. The summed E-state index contributed by atoms with van der Waals surface area (Å²) in [5.41, 5.74) is 2.73. The van der Waals surface area contributed by atoms with E-state index in [0.717, 1.165) is 18.7 Å². The van der Waals surface area contributed by atoms with Crippen molar-refractivity contribution in [3.05, 3.63) is 59.4 Å². The van der Waals surface area contributed by atoms with Crippen molar-refractivity contribution in [1.82, 2.24) is 0 Å². The van der Waals surface area contributed by atoms with Crippen molar-refractivity contribution in [2.75, 3.05) is 25.1 Å². The third-order valence-electron chi connectivity index (χ3n) is 3.79. The number of nitrogens with zero attached hydrogens (tertiary/aromatic N) is 1. The molecule has 0 radical (unpaired) electrons. The molecule has 21 heavy (non-hydrogen) atoms. The highest BCUT2D eigenvalue weighted by Gasteiger charge is 2.21. The Morgan fingerprint density at radius 1 is 1.29 bits per heavy atom. The fraction of sp³-hybridized carbons (Fsp3) is 0.235. The summed E-state index contributed by atoms with van der Waals surface area (Å²) in [5, 5.41) is 0. The van der Waals surface area contributed by atoms with Crippen molar-refractivity contribution in [3.63, 3.8) is 0 Å². The van der Waals surface area contributed by atoms with Crippen LogP contribution in [0.4, 0.5) is 10.1 Å². The van der Waals surface area contributed by atoms with Gasteiger partial charge in [-0.1, -0.05) is 18.2 Å². The summed E-state index contributed by atoms with van der Waals surface area (Å²) in [6.45, 7) is 1.09. The molecule has 0 bridgehead atoms. The van der Waals surface area contributed by atoms with E-state index in [1.165, 1.54) is 24.8 Å². The van der Waals surface area contributed by atoms with Crippen LogP contribution in [0.15, 0.2) is 42.5 Å². The molecule has 0 atom stereocenters. The Kier molecular flexibility index (Phi) is 3.60. The minimum Gasteiger partial charge on any atom is -0.494 e. The smallest absolute Gasteiger partial charge is 0.182 e. The first-order valence-electron chi connectivity index (χ1n) is 6.88. The Morgan fingerprint density at radius 2 is 2.10 bits per heavy atom. The third kappa shape index (κ3) is 2.61. The van der Waals surface area contributed by atoms with Crippen LogP contribution in [0.5, 0.6) is 5.75 Å². The van der Waals surface area contributed by atoms with Crippen molar-refractivity contribution in [1.29, 1.82) is 0 Å². The lowest BCUT2D eigenvalue weighted by atomic mass is 10.1. The molecule has 0 N–H and O–H groups in total. The lowest BCUT2D eigenvalue weighted by molar-refractivity contribution is 0.0999. The van der Waals surface area contributed by atoms with E-state index in [-0.39, 0.29) is 18.1 Å². The van der Waals surface area contributed by atoms with Gasteiger partial charge in [-0.2, -0.15) is 0 Å². The highest BCUT2D eigenvalue weighted by molar-refractivity contribution is 5.99. The first kappa shape index (κ1) is 13.6. The Morgan fingerprint density at radius 3 is 2.86 bits per heavy atom. The standard InChI is InChI=1S/C17H16FNO2/c1-21-17-7-6-13(10-14(17)18)16(20)11-19-9-8-12-4-2-3-5-15(12)19/h2-7,10H,8-9,11H2,1H3. The van der Waals surface area contributed by atoms with Crippen LogP contribution in [0.1, 0.15) is 15.9 Å². The zero-order chi connectivity index (χ0) is 14.8. The molecule has 2 aromatic rings. The lowest BCUT2D eigenvalue weighted by Crippen LogP contribution is -2.28. The van der Waals surface area contributed by atoms with Gasteiger partial charge in [0.1, 0.15) is 0 Å². The first-order chi connectivity index (χ1) is 10.2. The van der Waals surface area contributed by atoms with E-state index in [9.17, 15) is 9.18 Å². The normalized spacial score (nSPS) is 13.1. The van der Waals surface area contributed by atoms with Crippen LogP contribution >= 0.6 is 0 Å². The minimum absolute atomic E-state index is 0.0896. The van der Waals surface area contributed by atoms with Crippen LogP contribution in [0, 0.1) is 5.82 Å². The highest BCUT2D eigenvalue weighted by Crippen LogP contribution is 2.27. The molecule has 3 nitrogen and oxygen atoms in total. The highest BCUT2D eigenvalue weighted by atomic mass is 19.1. The average Bonchev–Trinajstić information content (AvgIpc) is 2.90. The molecule has 0 saturated heterocycles. The molecule has 108 valence electrons. The zero-order valence-corrected chi connectivity index (χ0v) is 11.8. The van der Waals surface area contributed by atoms with Gasteiger partial charge in [0.15, 0.2) is 17.3 Å². The van der Waals surface area contributed by atoms with Crippen molar-refractivity contribution in [3.8, 4) is 5.75 Å². The SMILES string of the molecule is COc1ccc(C(=O)CN2CCc3ccccc32)cc1F. The molecule has 0 aromatic heterocycles.